The van der Waals surface area contributed by atoms with E-state index in [9.17, 15) is 5.11 Å². The second-order valence-corrected chi connectivity index (χ2v) is 7.00. The predicted molar refractivity (Wildman–Crippen MR) is 85.6 cm³/mol. The average molecular weight is 318 g/mol. The third-order valence-corrected chi connectivity index (χ3v) is 3.65. The fraction of sp³-hybridized carbons (Fsp3) is 0.800. The summed E-state index contributed by atoms with van der Waals surface area (Å²) < 4.78 is 7.54. The van der Waals surface area contributed by atoms with Gasteiger partial charge in [-0.1, -0.05) is 32.4 Å². The van der Waals surface area contributed by atoms with Crippen molar-refractivity contribution >= 4 is 11.6 Å². The Kier molecular flexibility index (Phi) is 6.66. The molecule has 1 N–H and O–H groups in total. The van der Waals surface area contributed by atoms with Crippen LogP contribution in [0.2, 0.25) is 5.02 Å². The molecule has 0 spiro atoms. The quantitative estimate of drug-likeness (QED) is 0.840. The average Bonchev–Trinajstić information content (AvgIpc) is 2.72. The minimum absolute atomic E-state index is 0.199. The molecule has 1 aromatic rings. The zero-order valence-corrected chi connectivity index (χ0v) is 14.7. The summed E-state index contributed by atoms with van der Waals surface area (Å²) in [6.45, 7) is 10.1. The number of halogens is 1. The molecule has 21 heavy (non-hydrogen) atoms. The molecule has 2 unspecified atom stereocenters. The van der Waals surface area contributed by atoms with E-state index in [0.29, 0.717) is 23.9 Å². The smallest absolute Gasteiger partial charge is 0.124 e. The van der Waals surface area contributed by atoms with E-state index in [4.69, 9.17) is 16.3 Å². The number of ether oxygens (including phenoxy) is 1. The number of hydrogen-bond acceptors (Lipinski definition) is 4. The summed E-state index contributed by atoms with van der Waals surface area (Å²) in [5.41, 5.74) is 0.432. The van der Waals surface area contributed by atoms with Crippen molar-refractivity contribution in [3.8, 4) is 0 Å². The maximum Gasteiger partial charge on any atom is 0.124 e. The first-order chi connectivity index (χ1) is 9.68. The molecule has 122 valence electrons. The molecular weight excluding hydrogens is 290 g/mol. The van der Waals surface area contributed by atoms with Crippen LogP contribution < -0.4 is 0 Å². The molecule has 5 nitrogen and oxygen atoms in total. The van der Waals surface area contributed by atoms with Gasteiger partial charge < -0.3 is 14.7 Å². The number of aromatic nitrogens is 2. The van der Waals surface area contributed by atoms with Gasteiger partial charge in [-0.25, -0.2) is 0 Å². The number of hydrogen-bond donors (Lipinski definition) is 1. The summed E-state index contributed by atoms with van der Waals surface area (Å²) in [4.78, 5) is 2.07. The maximum atomic E-state index is 10.8. The summed E-state index contributed by atoms with van der Waals surface area (Å²) >= 11 is 6.24. The molecular formula is C15H28ClN3O2. The van der Waals surface area contributed by atoms with Gasteiger partial charge in [0.25, 0.3) is 0 Å². The molecule has 0 aliphatic carbocycles. The minimum Gasteiger partial charge on any atom is -0.384 e. The number of likely N-dealkylation sites (N-methyl/N-ethyl adjacent to an activating group) is 1. The van der Waals surface area contributed by atoms with Crippen LogP contribution in [-0.4, -0.2) is 53.1 Å². The van der Waals surface area contributed by atoms with Crippen LogP contribution in [0.5, 0.6) is 0 Å². The molecule has 0 saturated carbocycles. The van der Waals surface area contributed by atoms with Gasteiger partial charge in [0.15, 0.2) is 0 Å². The highest BCUT2D eigenvalue weighted by molar-refractivity contribution is 6.31. The topological polar surface area (TPSA) is 50.5 Å². The molecule has 0 amide bonds. The van der Waals surface area contributed by atoms with E-state index in [-0.39, 0.29) is 11.5 Å². The molecule has 0 bridgehead atoms. The van der Waals surface area contributed by atoms with Crippen LogP contribution in [-0.2, 0) is 11.3 Å². The van der Waals surface area contributed by atoms with Gasteiger partial charge in [-0.15, -0.1) is 0 Å². The lowest BCUT2D eigenvalue weighted by atomic mass is 9.84. The lowest BCUT2D eigenvalue weighted by Crippen LogP contribution is -2.36. The Balaban J connectivity index is 3.04. The Hall–Kier alpha value is -0.620. The van der Waals surface area contributed by atoms with Gasteiger partial charge in [0.1, 0.15) is 6.10 Å². The summed E-state index contributed by atoms with van der Waals surface area (Å²) in [6.07, 6.45) is 0.443. The number of aliphatic hydroxyl groups is 1. The summed E-state index contributed by atoms with van der Waals surface area (Å²) in [6, 6.07) is 0. The Labute approximate surface area is 132 Å². The fourth-order valence-electron chi connectivity index (χ4n) is 2.28. The first-order valence-corrected chi connectivity index (χ1v) is 7.71. The standard InChI is InChI=1S/C15H28ClN3O2/c1-7-21-14(15(2,3)4)13(20)12-11(16)10-17-19(12)9-8-18(5)6/h10,13-14,20H,7-9H2,1-6H3. The molecule has 0 fully saturated rings. The Morgan fingerprint density at radius 1 is 1.43 bits per heavy atom. The largest absolute Gasteiger partial charge is 0.384 e. The van der Waals surface area contributed by atoms with Crippen molar-refractivity contribution in [2.75, 3.05) is 27.2 Å². The van der Waals surface area contributed by atoms with Gasteiger partial charge in [-0.2, -0.15) is 5.10 Å². The van der Waals surface area contributed by atoms with Gasteiger partial charge in [-0.3, -0.25) is 4.68 Å². The Morgan fingerprint density at radius 3 is 2.52 bits per heavy atom. The van der Waals surface area contributed by atoms with E-state index in [0.717, 1.165) is 6.54 Å². The lowest BCUT2D eigenvalue weighted by Gasteiger charge is -2.34. The van der Waals surface area contributed by atoms with Gasteiger partial charge in [0.2, 0.25) is 0 Å². The van der Waals surface area contributed by atoms with Crippen LogP contribution in [0.4, 0.5) is 0 Å². The molecule has 0 aliphatic heterocycles. The normalized spacial score (nSPS) is 15.5. The molecule has 2 atom stereocenters. The molecule has 1 rings (SSSR count). The van der Waals surface area contributed by atoms with Crippen molar-refractivity contribution in [3.63, 3.8) is 0 Å². The van der Waals surface area contributed by atoms with E-state index in [1.807, 2.05) is 41.8 Å². The van der Waals surface area contributed by atoms with Crippen molar-refractivity contribution in [1.82, 2.24) is 14.7 Å². The van der Waals surface area contributed by atoms with Crippen molar-refractivity contribution in [3.05, 3.63) is 16.9 Å². The van der Waals surface area contributed by atoms with E-state index >= 15 is 0 Å². The highest BCUT2D eigenvalue weighted by Crippen LogP contribution is 2.35. The zero-order valence-electron chi connectivity index (χ0n) is 13.9. The second kappa shape index (κ2) is 7.58. The molecule has 0 saturated heterocycles. The Morgan fingerprint density at radius 2 is 2.05 bits per heavy atom. The van der Waals surface area contributed by atoms with Crippen LogP contribution in [0.3, 0.4) is 0 Å². The Bertz CT molecular complexity index is 441. The van der Waals surface area contributed by atoms with Gasteiger partial charge in [-0.05, 0) is 26.4 Å². The first kappa shape index (κ1) is 18.4. The molecule has 0 aliphatic rings. The summed E-state index contributed by atoms with van der Waals surface area (Å²) in [5, 5.41) is 15.5. The lowest BCUT2D eigenvalue weighted by molar-refractivity contribution is -0.0926. The molecule has 1 heterocycles. The highest BCUT2D eigenvalue weighted by atomic mass is 35.5. The SMILES string of the molecule is CCOC(C(O)c1c(Cl)cnn1CCN(C)C)C(C)(C)C. The summed E-state index contributed by atoms with van der Waals surface area (Å²) in [5.74, 6) is 0. The fourth-order valence-corrected chi connectivity index (χ4v) is 2.53. The van der Waals surface area contributed by atoms with Gasteiger partial charge in [0.05, 0.1) is 29.6 Å². The van der Waals surface area contributed by atoms with Crippen LogP contribution in [0, 0.1) is 5.41 Å². The third-order valence-electron chi connectivity index (χ3n) is 3.36. The van der Waals surface area contributed by atoms with Crippen molar-refractivity contribution < 1.29 is 9.84 Å². The highest BCUT2D eigenvalue weighted by Gasteiger charge is 2.35. The van der Waals surface area contributed by atoms with Crippen LogP contribution in [0.25, 0.3) is 0 Å². The van der Waals surface area contributed by atoms with Crippen molar-refractivity contribution in [1.29, 1.82) is 0 Å². The molecule has 6 heteroatoms. The predicted octanol–water partition coefficient (Wildman–Crippen LogP) is 2.58. The number of nitrogens with zero attached hydrogens (tertiary/aromatic N) is 3. The van der Waals surface area contributed by atoms with Gasteiger partial charge >= 0.3 is 0 Å². The van der Waals surface area contributed by atoms with Crippen molar-refractivity contribution in [2.45, 2.75) is 46.4 Å². The summed E-state index contributed by atoms with van der Waals surface area (Å²) in [7, 11) is 4.00. The maximum absolute atomic E-state index is 10.8. The van der Waals surface area contributed by atoms with E-state index in [1.165, 1.54) is 0 Å². The van der Waals surface area contributed by atoms with Gasteiger partial charge in [0, 0.05) is 13.2 Å². The first-order valence-electron chi connectivity index (χ1n) is 7.34. The molecule has 0 aromatic carbocycles. The number of aliphatic hydroxyl groups excluding tert-OH is 1. The third kappa shape index (κ3) is 4.95. The van der Waals surface area contributed by atoms with Crippen molar-refractivity contribution in [2.24, 2.45) is 5.41 Å². The van der Waals surface area contributed by atoms with Crippen LogP contribution in [0.1, 0.15) is 39.5 Å². The second-order valence-electron chi connectivity index (χ2n) is 6.59. The molecule has 1 aromatic heterocycles. The molecule has 0 radical (unpaired) electrons. The van der Waals surface area contributed by atoms with E-state index < -0.39 is 6.10 Å². The minimum atomic E-state index is -0.804. The van der Waals surface area contributed by atoms with Crippen LogP contribution in [0.15, 0.2) is 6.20 Å². The number of rotatable bonds is 7. The monoisotopic (exact) mass is 317 g/mol. The van der Waals surface area contributed by atoms with E-state index in [1.54, 1.807) is 10.9 Å². The van der Waals surface area contributed by atoms with Crippen LogP contribution >= 0.6 is 11.6 Å². The zero-order chi connectivity index (χ0) is 16.2. The van der Waals surface area contributed by atoms with E-state index in [2.05, 4.69) is 10.00 Å².